The summed E-state index contributed by atoms with van der Waals surface area (Å²) in [5, 5.41) is 0.622. The number of hydrogen-bond acceptors (Lipinski definition) is 3. The summed E-state index contributed by atoms with van der Waals surface area (Å²) >= 11 is 11.7. The van der Waals surface area contributed by atoms with E-state index in [0.717, 1.165) is 0 Å². The molecule has 0 saturated carbocycles. The summed E-state index contributed by atoms with van der Waals surface area (Å²) in [5.74, 6) is -0.386. The molecule has 0 heterocycles. The third kappa shape index (κ3) is 3.22. The first-order valence-corrected chi connectivity index (χ1v) is 5.42. The Kier molecular flexibility index (Phi) is 4.77. The lowest BCUT2D eigenvalue weighted by Gasteiger charge is -2.06. The van der Waals surface area contributed by atoms with Gasteiger partial charge in [-0.1, -0.05) is 23.2 Å². The molecule has 86 valence electrons. The van der Waals surface area contributed by atoms with Crippen molar-refractivity contribution in [2.45, 2.75) is 13.3 Å². The van der Waals surface area contributed by atoms with Gasteiger partial charge in [0.25, 0.3) is 0 Å². The fourth-order valence-corrected chi connectivity index (χ4v) is 1.70. The Labute approximate surface area is 103 Å². The third-order valence-electron chi connectivity index (χ3n) is 1.93. The van der Waals surface area contributed by atoms with Gasteiger partial charge in [-0.3, -0.25) is 9.59 Å². The first kappa shape index (κ1) is 13.0. The molecular formula is C11H10Cl2O3. The minimum absolute atomic E-state index is 0.0324. The number of aldehydes is 1. The summed E-state index contributed by atoms with van der Waals surface area (Å²) in [6, 6.07) is 2.94. The van der Waals surface area contributed by atoms with Crippen molar-refractivity contribution in [1.82, 2.24) is 0 Å². The Bertz CT molecular complexity index is 416. The Morgan fingerprint density at radius 3 is 2.62 bits per heavy atom. The summed E-state index contributed by atoms with van der Waals surface area (Å²) in [6.45, 7) is 2.03. The van der Waals surface area contributed by atoms with Crippen molar-refractivity contribution in [1.29, 1.82) is 0 Å². The molecule has 5 heteroatoms. The predicted molar refractivity (Wildman–Crippen MR) is 62.2 cm³/mol. The maximum absolute atomic E-state index is 11.2. The predicted octanol–water partition coefficient (Wildman–Crippen LogP) is 2.91. The van der Waals surface area contributed by atoms with E-state index in [4.69, 9.17) is 27.9 Å². The molecule has 1 aromatic carbocycles. The van der Waals surface area contributed by atoms with Crippen LogP contribution in [0.3, 0.4) is 0 Å². The second-order valence-electron chi connectivity index (χ2n) is 3.06. The van der Waals surface area contributed by atoms with E-state index in [0.29, 0.717) is 29.0 Å². The van der Waals surface area contributed by atoms with E-state index in [1.165, 1.54) is 12.1 Å². The van der Waals surface area contributed by atoms with Crippen LogP contribution in [0.1, 0.15) is 22.8 Å². The second-order valence-corrected chi connectivity index (χ2v) is 3.88. The van der Waals surface area contributed by atoms with Gasteiger partial charge in [-0.25, -0.2) is 0 Å². The van der Waals surface area contributed by atoms with Gasteiger partial charge < -0.3 is 4.74 Å². The molecule has 0 bridgehead atoms. The Morgan fingerprint density at radius 2 is 2.06 bits per heavy atom. The van der Waals surface area contributed by atoms with Gasteiger partial charge in [0, 0.05) is 10.6 Å². The number of rotatable bonds is 4. The van der Waals surface area contributed by atoms with E-state index in [1.54, 1.807) is 6.92 Å². The number of carbonyl (C=O) groups is 2. The van der Waals surface area contributed by atoms with Crippen LogP contribution in [-0.4, -0.2) is 18.9 Å². The van der Waals surface area contributed by atoms with Crippen molar-refractivity contribution in [2.24, 2.45) is 0 Å². The smallest absolute Gasteiger partial charge is 0.310 e. The normalized spacial score (nSPS) is 9.94. The largest absolute Gasteiger partial charge is 0.466 e. The standard InChI is InChI=1S/C11H10Cl2O3/c1-2-16-11(15)4-7-3-8(6-14)10(13)5-9(7)12/h3,5-6H,2,4H2,1H3. The highest BCUT2D eigenvalue weighted by atomic mass is 35.5. The molecular weight excluding hydrogens is 251 g/mol. The molecule has 0 aromatic heterocycles. The van der Waals surface area contributed by atoms with Crippen LogP contribution in [0.25, 0.3) is 0 Å². The zero-order valence-electron chi connectivity index (χ0n) is 8.63. The Balaban J connectivity index is 2.95. The van der Waals surface area contributed by atoms with Crippen molar-refractivity contribution >= 4 is 35.5 Å². The highest BCUT2D eigenvalue weighted by Gasteiger charge is 2.11. The number of benzene rings is 1. The van der Waals surface area contributed by atoms with Gasteiger partial charge in [-0.2, -0.15) is 0 Å². The van der Waals surface area contributed by atoms with Crippen LogP contribution in [-0.2, 0) is 16.0 Å². The Morgan fingerprint density at radius 1 is 1.38 bits per heavy atom. The van der Waals surface area contributed by atoms with Gasteiger partial charge in [0.2, 0.25) is 0 Å². The fraction of sp³-hybridized carbons (Fsp3) is 0.273. The molecule has 1 aromatic rings. The van der Waals surface area contributed by atoms with Crippen LogP contribution in [0.4, 0.5) is 0 Å². The van der Waals surface area contributed by atoms with Crippen molar-refractivity contribution in [2.75, 3.05) is 6.61 Å². The maximum Gasteiger partial charge on any atom is 0.310 e. The summed E-state index contributed by atoms with van der Waals surface area (Å²) < 4.78 is 4.79. The highest BCUT2D eigenvalue weighted by Crippen LogP contribution is 2.25. The van der Waals surface area contributed by atoms with Crippen LogP contribution >= 0.6 is 23.2 Å². The van der Waals surface area contributed by atoms with Crippen LogP contribution < -0.4 is 0 Å². The number of halogens is 2. The highest BCUT2D eigenvalue weighted by molar-refractivity contribution is 6.36. The van der Waals surface area contributed by atoms with Crippen molar-refractivity contribution < 1.29 is 14.3 Å². The van der Waals surface area contributed by atoms with Crippen molar-refractivity contribution in [3.63, 3.8) is 0 Å². The van der Waals surface area contributed by atoms with Crippen LogP contribution in [0.2, 0.25) is 10.0 Å². The quantitative estimate of drug-likeness (QED) is 0.618. The fourth-order valence-electron chi connectivity index (χ4n) is 1.21. The molecule has 0 aliphatic carbocycles. The topological polar surface area (TPSA) is 43.4 Å². The van der Waals surface area contributed by atoms with E-state index in [-0.39, 0.29) is 17.4 Å². The zero-order valence-corrected chi connectivity index (χ0v) is 10.1. The first-order valence-electron chi connectivity index (χ1n) is 4.67. The second kappa shape index (κ2) is 5.87. The molecule has 0 radical (unpaired) electrons. The monoisotopic (exact) mass is 260 g/mol. The third-order valence-corrected chi connectivity index (χ3v) is 2.61. The van der Waals surface area contributed by atoms with E-state index in [1.807, 2.05) is 0 Å². The summed E-state index contributed by atoms with van der Waals surface area (Å²) in [4.78, 5) is 21.9. The zero-order chi connectivity index (χ0) is 12.1. The minimum atomic E-state index is -0.386. The molecule has 1 rings (SSSR count). The van der Waals surface area contributed by atoms with E-state index in [2.05, 4.69) is 0 Å². The van der Waals surface area contributed by atoms with Gasteiger partial charge in [0.05, 0.1) is 18.1 Å². The van der Waals surface area contributed by atoms with Gasteiger partial charge in [0.15, 0.2) is 6.29 Å². The number of carbonyl (C=O) groups excluding carboxylic acids is 2. The van der Waals surface area contributed by atoms with Crippen LogP contribution in [0, 0.1) is 0 Å². The maximum atomic E-state index is 11.2. The lowest BCUT2D eigenvalue weighted by Crippen LogP contribution is -2.08. The van der Waals surface area contributed by atoms with Crippen LogP contribution in [0.15, 0.2) is 12.1 Å². The summed E-state index contributed by atoms with van der Waals surface area (Å²) in [7, 11) is 0. The average molecular weight is 261 g/mol. The van der Waals surface area contributed by atoms with Crippen molar-refractivity contribution in [3.8, 4) is 0 Å². The molecule has 0 amide bonds. The molecule has 0 aliphatic rings. The lowest BCUT2D eigenvalue weighted by molar-refractivity contribution is -0.142. The Hall–Kier alpha value is -1.06. The van der Waals surface area contributed by atoms with Crippen molar-refractivity contribution in [3.05, 3.63) is 33.3 Å². The molecule has 0 unspecified atom stereocenters. The average Bonchev–Trinajstić information content (AvgIpc) is 2.22. The van der Waals surface area contributed by atoms with E-state index in [9.17, 15) is 9.59 Å². The first-order chi connectivity index (χ1) is 7.58. The van der Waals surface area contributed by atoms with Gasteiger partial charge in [-0.05, 0) is 24.6 Å². The van der Waals surface area contributed by atoms with Gasteiger partial charge >= 0.3 is 5.97 Å². The van der Waals surface area contributed by atoms with E-state index < -0.39 is 0 Å². The number of ether oxygens (including phenoxy) is 1. The molecule has 3 nitrogen and oxygen atoms in total. The molecule has 0 N–H and O–H groups in total. The van der Waals surface area contributed by atoms with Gasteiger partial charge in [0.1, 0.15) is 0 Å². The number of esters is 1. The molecule has 16 heavy (non-hydrogen) atoms. The van der Waals surface area contributed by atoms with Crippen LogP contribution in [0.5, 0.6) is 0 Å². The number of hydrogen-bond donors (Lipinski definition) is 0. The molecule has 0 fully saturated rings. The SMILES string of the molecule is CCOC(=O)Cc1cc(C=O)c(Cl)cc1Cl. The summed E-state index contributed by atoms with van der Waals surface area (Å²) in [6.07, 6.45) is 0.651. The molecule has 0 atom stereocenters. The van der Waals surface area contributed by atoms with Gasteiger partial charge in [-0.15, -0.1) is 0 Å². The summed E-state index contributed by atoms with van der Waals surface area (Å²) in [5.41, 5.74) is 0.844. The molecule has 0 saturated heterocycles. The minimum Gasteiger partial charge on any atom is -0.466 e. The lowest BCUT2D eigenvalue weighted by atomic mass is 10.1. The molecule has 0 spiro atoms. The van der Waals surface area contributed by atoms with E-state index >= 15 is 0 Å². The molecule has 0 aliphatic heterocycles.